The molecule has 2 heteroatoms. The predicted octanol–water partition coefficient (Wildman–Crippen LogP) is 4.01. The summed E-state index contributed by atoms with van der Waals surface area (Å²) in [6, 6.07) is 6.84. The average molecular weight is 243 g/mol. The summed E-state index contributed by atoms with van der Waals surface area (Å²) in [5.41, 5.74) is 1.70. The number of benzene rings is 1. The molecule has 0 nitrogen and oxygen atoms in total. The van der Waals surface area contributed by atoms with Crippen molar-refractivity contribution >= 4 is 21.5 Å². The summed E-state index contributed by atoms with van der Waals surface area (Å²) in [6.45, 7) is 1.93. The Balaban J connectivity index is 2.88. The SMILES string of the molecule is C/C(=C\CCBr)c1ccccc1F. The minimum atomic E-state index is -0.147. The van der Waals surface area contributed by atoms with E-state index in [1.807, 2.05) is 19.1 Å². The molecule has 0 saturated carbocycles. The molecule has 0 unspecified atom stereocenters. The molecule has 70 valence electrons. The molecule has 1 aromatic carbocycles. The van der Waals surface area contributed by atoms with Gasteiger partial charge >= 0.3 is 0 Å². The van der Waals surface area contributed by atoms with Gasteiger partial charge in [-0.2, -0.15) is 0 Å². The van der Waals surface area contributed by atoms with Crippen LogP contribution in [0.2, 0.25) is 0 Å². The van der Waals surface area contributed by atoms with E-state index in [4.69, 9.17) is 0 Å². The number of hydrogen-bond donors (Lipinski definition) is 0. The Hall–Kier alpha value is -0.630. The Morgan fingerprint density at radius 3 is 2.77 bits per heavy atom. The lowest BCUT2D eigenvalue weighted by Crippen LogP contribution is -1.85. The van der Waals surface area contributed by atoms with Crippen LogP contribution in [0.3, 0.4) is 0 Å². The summed E-state index contributed by atoms with van der Waals surface area (Å²) in [5.74, 6) is -0.147. The number of allylic oxidation sites excluding steroid dienone is 2. The smallest absolute Gasteiger partial charge is 0.130 e. The standard InChI is InChI=1S/C11H12BrF/c1-9(5-4-8-12)10-6-2-3-7-11(10)13/h2-3,5-7H,4,8H2,1H3/b9-5+. The van der Waals surface area contributed by atoms with Crippen molar-refractivity contribution in [2.24, 2.45) is 0 Å². The minimum Gasteiger partial charge on any atom is -0.206 e. The quantitative estimate of drug-likeness (QED) is 0.703. The summed E-state index contributed by atoms with van der Waals surface area (Å²) in [4.78, 5) is 0. The van der Waals surface area contributed by atoms with Crippen molar-refractivity contribution in [3.63, 3.8) is 0 Å². The van der Waals surface area contributed by atoms with Crippen LogP contribution in [0, 0.1) is 5.82 Å². The molecule has 0 radical (unpaired) electrons. The van der Waals surface area contributed by atoms with Crippen molar-refractivity contribution in [2.75, 3.05) is 5.33 Å². The fourth-order valence-corrected chi connectivity index (χ4v) is 1.39. The van der Waals surface area contributed by atoms with E-state index in [2.05, 4.69) is 15.9 Å². The number of rotatable bonds is 3. The van der Waals surface area contributed by atoms with E-state index in [0.717, 1.165) is 17.3 Å². The van der Waals surface area contributed by atoms with Crippen LogP contribution in [-0.2, 0) is 0 Å². The summed E-state index contributed by atoms with van der Waals surface area (Å²) in [7, 11) is 0. The van der Waals surface area contributed by atoms with Gasteiger partial charge in [-0.3, -0.25) is 0 Å². The molecule has 0 atom stereocenters. The molecule has 0 spiro atoms. The Kier molecular flexibility index (Phi) is 4.16. The van der Waals surface area contributed by atoms with E-state index in [-0.39, 0.29) is 5.82 Å². The second-order valence-electron chi connectivity index (χ2n) is 2.84. The molecule has 0 aliphatic heterocycles. The van der Waals surface area contributed by atoms with Crippen LogP contribution in [0.5, 0.6) is 0 Å². The van der Waals surface area contributed by atoms with Gasteiger partial charge in [-0.05, 0) is 25.0 Å². The summed E-state index contributed by atoms with van der Waals surface area (Å²) in [5, 5.41) is 0.915. The predicted molar refractivity (Wildman–Crippen MR) is 58.5 cm³/mol. The molecule has 13 heavy (non-hydrogen) atoms. The molecular formula is C11H12BrF. The minimum absolute atomic E-state index is 0.147. The third kappa shape index (κ3) is 2.96. The first-order valence-electron chi connectivity index (χ1n) is 4.23. The zero-order valence-corrected chi connectivity index (χ0v) is 9.14. The monoisotopic (exact) mass is 242 g/mol. The van der Waals surface area contributed by atoms with Crippen LogP contribution in [-0.4, -0.2) is 5.33 Å². The first-order chi connectivity index (χ1) is 6.25. The van der Waals surface area contributed by atoms with Crippen molar-refractivity contribution in [3.05, 3.63) is 41.7 Å². The molecule has 0 N–H and O–H groups in total. The first kappa shape index (κ1) is 10.5. The second kappa shape index (κ2) is 5.18. The Bertz CT molecular complexity index is 305. The molecule has 0 fully saturated rings. The third-order valence-corrected chi connectivity index (χ3v) is 2.32. The zero-order valence-electron chi connectivity index (χ0n) is 7.56. The van der Waals surface area contributed by atoms with Crippen LogP contribution in [0.4, 0.5) is 4.39 Å². The van der Waals surface area contributed by atoms with E-state index in [1.165, 1.54) is 6.07 Å². The lowest BCUT2D eigenvalue weighted by Gasteiger charge is -2.02. The van der Waals surface area contributed by atoms with Crippen LogP contribution >= 0.6 is 15.9 Å². The van der Waals surface area contributed by atoms with Crippen molar-refractivity contribution in [2.45, 2.75) is 13.3 Å². The Labute approximate surface area is 86.6 Å². The Morgan fingerprint density at radius 2 is 2.15 bits per heavy atom. The van der Waals surface area contributed by atoms with Crippen LogP contribution in [0.25, 0.3) is 5.57 Å². The van der Waals surface area contributed by atoms with Crippen LogP contribution in [0.15, 0.2) is 30.3 Å². The van der Waals surface area contributed by atoms with Gasteiger partial charge in [-0.15, -0.1) is 0 Å². The molecule has 0 amide bonds. The number of halogens is 2. The van der Waals surface area contributed by atoms with E-state index in [9.17, 15) is 4.39 Å². The third-order valence-electron chi connectivity index (χ3n) is 1.86. The second-order valence-corrected chi connectivity index (χ2v) is 3.64. The zero-order chi connectivity index (χ0) is 9.68. The van der Waals surface area contributed by atoms with Crippen molar-refractivity contribution in [3.8, 4) is 0 Å². The van der Waals surface area contributed by atoms with Gasteiger partial charge in [0.25, 0.3) is 0 Å². The number of alkyl halides is 1. The lowest BCUT2D eigenvalue weighted by atomic mass is 10.1. The fourth-order valence-electron chi connectivity index (χ4n) is 1.16. The van der Waals surface area contributed by atoms with E-state index < -0.39 is 0 Å². The molecular weight excluding hydrogens is 231 g/mol. The van der Waals surface area contributed by atoms with Gasteiger partial charge in [-0.1, -0.05) is 40.2 Å². The van der Waals surface area contributed by atoms with Gasteiger partial charge in [-0.25, -0.2) is 4.39 Å². The van der Waals surface area contributed by atoms with Gasteiger partial charge in [0.05, 0.1) is 0 Å². The van der Waals surface area contributed by atoms with Crippen molar-refractivity contribution < 1.29 is 4.39 Å². The van der Waals surface area contributed by atoms with E-state index >= 15 is 0 Å². The highest BCUT2D eigenvalue weighted by Crippen LogP contribution is 2.17. The van der Waals surface area contributed by atoms with E-state index in [0.29, 0.717) is 5.56 Å². The molecule has 0 aliphatic carbocycles. The van der Waals surface area contributed by atoms with Gasteiger partial charge in [0, 0.05) is 10.9 Å². The molecule has 0 aromatic heterocycles. The van der Waals surface area contributed by atoms with E-state index in [1.54, 1.807) is 12.1 Å². The number of hydrogen-bond acceptors (Lipinski definition) is 0. The summed E-state index contributed by atoms with van der Waals surface area (Å²) in [6.07, 6.45) is 2.97. The van der Waals surface area contributed by atoms with Gasteiger partial charge < -0.3 is 0 Å². The van der Waals surface area contributed by atoms with Crippen LogP contribution in [0.1, 0.15) is 18.9 Å². The summed E-state index contributed by atoms with van der Waals surface area (Å²) >= 11 is 3.33. The molecule has 1 rings (SSSR count). The molecule has 0 bridgehead atoms. The van der Waals surface area contributed by atoms with Crippen LogP contribution < -0.4 is 0 Å². The molecule has 0 saturated heterocycles. The molecule has 0 aliphatic rings. The summed E-state index contributed by atoms with van der Waals surface area (Å²) < 4.78 is 13.2. The maximum atomic E-state index is 13.2. The van der Waals surface area contributed by atoms with Crippen molar-refractivity contribution in [1.82, 2.24) is 0 Å². The lowest BCUT2D eigenvalue weighted by molar-refractivity contribution is 0.624. The largest absolute Gasteiger partial charge is 0.206 e. The average Bonchev–Trinajstić information content (AvgIpc) is 2.15. The normalized spacial score (nSPS) is 11.8. The topological polar surface area (TPSA) is 0 Å². The first-order valence-corrected chi connectivity index (χ1v) is 5.35. The fraction of sp³-hybridized carbons (Fsp3) is 0.273. The maximum Gasteiger partial charge on any atom is 0.130 e. The highest BCUT2D eigenvalue weighted by Gasteiger charge is 2.00. The highest BCUT2D eigenvalue weighted by molar-refractivity contribution is 9.09. The van der Waals surface area contributed by atoms with Crippen molar-refractivity contribution in [1.29, 1.82) is 0 Å². The molecule has 1 aromatic rings. The molecule has 0 heterocycles. The van der Waals surface area contributed by atoms with Gasteiger partial charge in [0.2, 0.25) is 0 Å². The maximum absolute atomic E-state index is 13.2. The van der Waals surface area contributed by atoms with Gasteiger partial charge in [0.15, 0.2) is 0 Å². The highest BCUT2D eigenvalue weighted by atomic mass is 79.9. The van der Waals surface area contributed by atoms with Gasteiger partial charge in [0.1, 0.15) is 5.82 Å². The Morgan fingerprint density at radius 1 is 1.46 bits per heavy atom.